The van der Waals surface area contributed by atoms with Crippen molar-refractivity contribution in [3.63, 3.8) is 0 Å². The second-order valence-corrected chi connectivity index (χ2v) is 5.39. The molecule has 0 atom stereocenters. The van der Waals surface area contributed by atoms with E-state index in [1.54, 1.807) is 19.1 Å². The van der Waals surface area contributed by atoms with Crippen LogP contribution in [-0.2, 0) is 17.6 Å². The van der Waals surface area contributed by atoms with Crippen molar-refractivity contribution >= 4 is 6.21 Å². The molecule has 1 aliphatic rings. The summed E-state index contributed by atoms with van der Waals surface area (Å²) >= 11 is 0. The van der Waals surface area contributed by atoms with Gasteiger partial charge in [-0.1, -0.05) is 36.6 Å². The van der Waals surface area contributed by atoms with Crippen molar-refractivity contribution < 1.29 is 18.0 Å². The molecule has 2 rings (SSSR count). The normalized spacial score (nSPS) is 17.3. The summed E-state index contributed by atoms with van der Waals surface area (Å²) in [5.41, 5.74) is 0.411. The van der Waals surface area contributed by atoms with Crippen molar-refractivity contribution in [2.24, 2.45) is 5.16 Å². The van der Waals surface area contributed by atoms with E-state index in [1.807, 2.05) is 0 Å². The second-order valence-electron chi connectivity index (χ2n) is 5.39. The SMILES string of the molecule is CC=NOCc1ccc(C2CCCCC2)c(C(F)(F)F)c1. The molecule has 2 nitrogen and oxygen atoms in total. The monoisotopic (exact) mass is 299 g/mol. The van der Waals surface area contributed by atoms with Crippen LogP contribution in [0.2, 0.25) is 0 Å². The lowest BCUT2D eigenvalue weighted by molar-refractivity contribution is -0.138. The van der Waals surface area contributed by atoms with Gasteiger partial charge >= 0.3 is 6.18 Å². The summed E-state index contributed by atoms with van der Waals surface area (Å²) in [4.78, 5) is 4.92. The molecule has 1 fully saturated rings. The van der Waals surface area contributed by atoms with E-state index in [2.05, 4.69) is 5.16 Å². The van der Waals surface area contributed by atoms with Crippen molar-refractivity contribution in [1.29, 1.82) is 0 Å². The van der Waals surface area contributed by atoms with Gasteiger partial charge in [0.25, 0.3) is 0 Å². The first-order valence-corrected chi connectivity index (χ1v) is 7.32. The zero-order valence-corrected chi connectivity index (χ0v) is 12.1. The number of hydrogen-bond acceptors (Lipinski definition) is 2. The fourth-order valence-corrected chi connectivity index (χ4v) is 2.89. The number of nitrogens with zero attached hydrogens (tertiary/aromatic N) is 1. The smallest absolute Gasteiger partial charge is 0.391 e. The Bertz CT molecular complexity index is 491. The summed E-state index contributed by atoms with van der Waals surface area (Å²) in [6.07, 6.45) is 1.98. The molecule has 1 aromatic rings. The molecular weight excluding hydrogens is 279 g/mol. The molecule has 1 aliphatic carbocycles. The number of alkyl halides is 3. The molecule has 21 heavy (non-hydrogen) atoms. The minimum absolute atomic E-state index is 0.0269. The Morgan fingerprint density at radius 3 is 2.57 bits per heavy atom. The summed E-state index contributed by atoms with van der Waals surface area (Å²) in [5.74, 6) is 0.0269. The first-order valence-electron chi connectivity index (χ1n) is 7.32. The van der Waals surface area contributed by atoms with Gasteiger partial charge in [0, 0.05) is 6.21 Å². The molecule has 0 saturated heterocycles. The molecule has 0 bridgehead atoms. The van der Waals surface area contributed by atoms with Crippen LogP contribution in [0.3, 0.4) is 0 Å². The number of benzene rings is 1. The Morgan fingerprint density at radius 2 is 1.95 bits per heavy atom. The standard InChI is InChI=1S/C16H20F3NO/c1-2-20-21-11-12-8-9-14(13-6-4-3-5-7-13)15(10-12)16(17,18)19/h2,8-10,13H,3-7,11H2,1H3. The van der Waals surface area contributed by atoms with Gasteiger partial charge in [-0.25, -0.2) is 0 Å². The summed E-state index contributed by atoms with van der Waals surface area (Å²) in [7, 11) is 0. The molecule has 0 heterocycles. The fourth-order valence-electron chi connectivity index (χ4n) is 2.89. The third-order valence-electron chi connectivity index (χ3n) is 3.88. The molecule has 0 aromatic heterocycles. The predicted octanol–water partition coefficient (Wildman–Crippen LogP) is 5.28. The van der Waals surface area contributed by atoms with Crippen LogP contribution in [0.25, 0.3) is 0 Å². The quantitative estimate of drug-likeness (QED) is 0.548. The molecule has 1 saturated carbocycles. The molecule has 0 spiro atoms. The van der Waals surface area contributed by atoms with Gasteiger partial charge in [-0.15, -0.1) is 0 Å². The van der Waals surface area contributed by atoms with Gasteiger partial charge in [-0.05, 0) is 42.9 Å². The van der Waals surface area contributed by atoms with E-state index >= 15 is 0 Å². The molecular formula is C16H20F3NO. The molecule has 1 aromatic carbocycles. The molecule has 0 N–H and O–H groups in total. The van der Waals surface area contributed by atoms with Crippen LogP contribution >= 0.6 is 0 Å². The second kappa shape index (κ2) is 6.96. The summed E-state index contributed by atoms with van der Waals surface area (Å²) in [5, 5.41) is 3.56. The van der Waals surface area contributed by atoms with E-state index in [0.29, 0.717) is 11.1 Å². The lowest BCUT2D eigenvalue weighted by atomic mass is 9.81. The molecule has 0 unspecified atom stereocenters. The summed E-state index contributed by atoms with van der Waals surface area (Å²) < 4.78 is 39.9. The maximum Gasteiger partial charge on any atom is 0.416 e. The number of rotatable bonds is 4. The Balaban J connectivity index is 2.27. The van der Waals surface area contributed by atoms with Gasteiger partial charge in [0.1, 0.15) is 6.61 Å². The van der Waals surface area contributed by atoms with Crippen LogP contribution in [0.5, 0.6) is 0 Å². The van der Waals surface area contributed by atoms with E-state index in [0.717, 1.165) is 32.1 Å². The van der Waals surface area contributed by atoms with Crippen LogP contribution in [-0.4, -0.2) is 6.21 Å². The maximum absolute atomic E-state index is 13.3. The van der Waals surface area contributed by atoms with Crippen molar-refractivity contribution in [2.75, 3.05) is 0 Å². The van der Waals surface area contributed by atoms with Crippen molar-refractivity contribution in [1.82, 2.24) is 0 Å². The van der Waals surface area contributed by atoms with Crippen LogP contribution in [0, 0.1) is 0 Å². The third kappa shape index (κ3) is 4.22. The highest BCUT2D eigenvalue weighted by atomic mass is 19.4. The number of oxime groups is 1. The maximum atomic E-state index is 13.3. The minimum Gasteiger partial charge on any atom is -0.391 e. The molecule has 116 valence electrons. The molecule has 0 aliphatic heterocycles. The van der Waals surface area contributed by atoms with E-state index < -0.39 is 11.7 Å². The zero-order valence-electron chi connectivity index (χ0n) is 12.1. The van der Waals surface area contributed by atoms with Crippen molar-refractivity contribution in [2.45, 2.75) is 57.7 Å². The van der Waals surface area contributed by atoms with Crippen LogP contribution in [0.15, 0.2) is 23.4 Å². The van der Waals surface area contributed by atoms with E-state index in [-0.39, 0.29) is 12.5 Å². The highest BCUT2D eigenvalue weighted by molar-refractivity contribution is 5.52. The fraction of sp³-hybridized carbons (Fsp3) is 0.562. The van der Waals surface area contributed by atoms with Gasteiger partial charge in [0.05, 0.1) is 5.56 Å². The largest absolute Gasteiger partial charge is 0.416 e. The Labute approximate surface area is 123 Å². The molecule has 0 radical (unpaired) electrons. The van der Waals surface area contributed by atoms with Gasteiger partial charge in [0.15, 0.2) is 0 Å². The van der Waals surface area contributed by atoms with Gasteiger partial charge in [-0.3, -0.25) is 0 Å². The lowest BCUT2D eigenvalue weighted by Gasteiger charge is -2.25. The first-order chi connectivity index (χ1) is 10.0. The first kappa shape index (κ1) is 15.9. The lowest BCUT2D eigenvalue weighted by Crippen LogP contribution is -2.14. The van der Waals surface area contributed by atoms with Gasteiger partial charge in [-0.2, -0.15) is 13.2 Å². The summed E-state index contributed by atoms with van der Waals surface area (Å²) in [6.45, 7) is 1.74. The number of halogens is 3. The predicted molar refractivity (Wildman–Crippen MR) is 76.2 cm³/mol. The highest BCUT2D eigenvalue weighted by Gasteiger charge is 2.35. The Hall–Kier alpha value is -1.52. The third-order valence-corrected chi connectivity index (χ3v) is 3.88. The van der Waals surface area contributed by atoms with Gasteiger partial charge < -0.3 is 4.84 Å². The van der Waals surface area contributed by atoms with Crippen molar-refractivity contribution in [3.05, 3.63) is 34.9 Å². The minimum atomic E-state index is -4.32. The molecule has 5 heteroatoms. The highest BCUT2D eigenvalue weighted by Crippen LogP contribution is 2.41. The molecule has 0 amide bonds. The van der Waals surface area contributed by atoms with E-state index in [1.165, 1.54) is 12.3 Å². The Kier molecular flexibility index (Phi) is 5.26. The van der Waals surface area contributed by atoms with Crippen LogP contribution in [0.1, 0.15) is 61.6 Å². The van der Waals surface area contributed by atoms with Crippen LogP contribution < -0.4 is 0 Å². The Morgan fingerprint density at radius 1 is 1.24 bits per heavy atom. The van der Waals surface area contributed by atoms with Gasteiger partial charge in [0.2, 0.25) is 0 Å². The zero-order chi connectivity index (χ0) is 15.3. The average Bonchev–Trinajstić information content (AvgIpc) is 2.47. The number of hydrogen-bond donors (Lipinski definition) is 0. The summed E-state index contributed by atoms with van der Waals surface area (Å²) in [6, 6.07) is 4.53. The topological polar surface area (TPSA) is 21.6 Å². The van der Waals surface area contributed by atoms with Crippen molar-refractivity contribution in [3.8, 4) is 0 Å². The average molecular weight is 299 g/mol. The van der Waals surface area contributed by atoms with E-state index in [4.69, 9.17) is 4.84 Å². The van der Waals surface area contributed by atoms with Crippen LogP contribution in [0.4, 0.5) is 13.2 Å². The van der Waals surface area contributed by atoms with E-state index in [9.17, 15) is 13.2 Å².